The van der Waals surface area contributed by atoms with Crippen molar-refractivity contribution in [2.45, 2.75) is 53.6 Å². The quantitative estimate of drug-likeness (QED) is 0.669. The van der Waals surface area contributed by atoms with Crippen LogP contribution in [0.15, 0.2) is 12.1 Å². The SMILES string of the molecule is CC.CCCN(CC)CCc1cc(C(F)(F)F)cc(OC)c1C. The number of nitrogens with zero attached hydrogens (tertiary/aromatic N) is 1. The Labute approximate surface area is 138 Å². The third-order valence-electron chi connectivity index (χ3n) is 3.70. The Kier molecular flexibility index (Phi) is 9.96. The predicted molar refractivity (Wildman–Crippen MR) is 90.2 cm³/mol. The highest BCUT2D eigenvalue weighted by atomic mass is 19.4. The Morgan fingerprint density at radius 1 is 1.09 bits per heavy atom. The van der Waals surface area contributed by atoms with Crippen LogP contribution in [0, 0.1) is 6.92 Å². The molecular weight excluding hydrogens is 303 g/mol. The average molecular weight is 333 g/mol. The monoisotopic (exact) mass is 333 g/mol. The Bertz CT molecular complexity index is 458. The van der Waals surface area contributed by atoms with E-state index < -0.39 is 11.7 Å². The second-order valence-electron chi connectivity index (χ2n) is 5.14. The highest BCUT2D eigenvalue weighted by molar-refractivity contribution is 5.44. The Morgan fingerprint density at radius 2 is 1.70 bits per heavy atom. The van der Waals surface area contributed by atoms with Gasteiger partial charge in [0, 0.05) is 6.54 Å². The lowest BCUT2D eigenvalue weighted by molar-refractivity contribution is -0.137. The number of benzene rings is 1. The largest absolute Gasteiger partial charge is 0.496 e. The van der Waals surface area contributed by atoms with E-state index in [0.717, 1.165) is 37.7 Å². The van der Waals surface area contributed by atoms with E-state index in [1.807, 2.05) is 20.8 Å². The van der Waals surface area contributed by atoms with Gasteiger partial charge in [0.1, 0.15) is 5.75 Å². The number of hydrogen-bond acceptors (Lipinski definition) is 2. The molecule has 0 unspecified atom stereocenters. The van der Waals surface area contributed by atoms with Gasteiger partial charge in [0.05, 0.1) is 12.7 Å². The molecular formula is C18H30F3NO. The number of methoxy groups -OCH3 is 1. The zero-order valence-electron chi connectivity index (χ0n) is 15.2. The van der Waals surface area contributed by atoms with Crippen LogP contribution in [0.25, 0.3) is 0 Å². The predicted octanol–water partition coefficient (Wildman–Crippen LogP) is 5.32. The fourth-order valence-electron chi connectivity index (χ4n) is 2.40. The summed E-state index contributed by atoms with van der Waals surface area (Å²) in [5.41, 5.74) is 0.854. The lowest BCUT2D eigenvalue weighted by Crippen LogP contribution is -2.26. The van der Waals surface area contributed by atoms with E-state index in [1.54, 1.807) is 0 Å². The first-order chi connectivity index (χ1) is 10.8. The minimum atomic E-state index is -4.34. The zero-order chi connectivity index (χ0) is 18.0. The fourth-order valence-corrected chi connectivity index (χ4v) is 2.40. The number of alkyl halides is 3. The van der Waals surface area contributed by atoms with Crippen molar-refractivity contribution in [3.05, 3.63) is 28.8 Å². The van der Waals surface area contributed by atoms with E-state index in [2.05, 4.69) is 18.7 Å². The van der Waals surface area contributed by atoms with Gasteiger partial charge in [-0.1, -0.05) is 27.7 Å². The lowest BCUT2D eigenvalue weighted by atomic mass is 10.0. The van der Waals surface area contributed by atoms with Gasteiger partial charge in [-0.3, -0.25) is 0 Å². The Balaban J connectivity index is 0.00000232. The topological polar surface area (TPSA) is 12.5 Å². The summed E-state index contributed by atoms with van der Waals surface area (Å²) in [5, 5.41) is 0. The molecule has 1 rings (SSSR count). The number of halogens is 3. The maximum atomic E-state index is 12.9. The summed E-state index contributed by atoms with van der Waals surface area (Å²) in [5.74, 6) is 0.304. The summed E-state index contributed by atoms with van der Waals surface area (Å²) >= 11 is 0. The number of hydrogen-bond donors (Lipinski definition) is 0. The summed E-state index contributed by atoms with van der Waals surface area (Å²) in [7, 11) is 1.40. The molecule has 0 bridgehead atoms. The van der Waals surface area contributed by atoms with Crippen LogP contribution in [-0.4, -0.2) is 31.6 Å². The van der Waals surface area contributed by atoms with Crippen LogP contribution in [0.4, 0.5) is 13.2 Å². The van der Waals surface area contributed by atoms with Crippen LogP contribution in [0.3, 0.4) is 0 Å². The second-order valence-corrected chi connectivity index (χ2v) is 5.14. The van der Waals surface area contributed by atoms with Gasteiger partial charge in [-0.15, -0.1) is 0 Å². The molecule has 0 atom stereocenters. The number of likely N-dealkylation sites (N-methyl/N-ethyl adjacent to an activating group) is 1. The summed E-state index contributed by atoms with van der Waals surface area (Å²) < 4.78 is 43.9. The zero-order valence-corrected chi connectivity index (χ0v) is 15.2. The van der Waals surface area contributed by atoms with Crippen LogP contribution in [-0.2, 0) is 12.6 Å². The lowest BCUT2D eigenvalue weighted by Gasteiger charge is -2.21. The molecule has 0 saturated carbocycles. The van der Waals surface area contributed by atoms with Crippen LogP contribution in [0.2, 0.25) is 0 Å². The molecule has 0 aliphatic heterocycles. The molecule has 134 valence electrons. The van der Waals surface area contributed by atoms with Gasteiger partial charge in [0.2, 0.25) is 0 Å². The molecule has 0 N–H and O–H groups in total. The smallest absolute Gasteiger partial charge is 0.416 e. The third kappa shape index (κ3) is 6.81. The van der Waals surface area contributed by atoms with E-state index >= 15 is 0 Å². The first-order valence-electron chi connectivity index (χ1n) is 8.30. The second kappa shape index (κ2) is 10.5. The minimum absolute atomic E-state index is 0.304. The highest BCUT2D eigenvalue weighted by Gasteiger charge is 2.32. The highest BCUT2D eigenvalue weighted by Crippen LogP contribution is 2.35. The molecule has 0 fully saturated rings. The van der Waals surface area contributed by atoms with E-state index in [1.165, 1.54) is 13.2 Å². The molecule has 0 aliphatic rings. The average Bonchev–Trinajstić information content (AvgIpc) is 2.53. The molecule has 0 aromatic heterocycles. The third-order valence-corrected chi connectivity index (χ3v) is 3.70. The maximum Gasteiger partial charge on any atom is 0.416 e. The summed E-state index contributed by atoms with van der Waals surface area (Å²) in [6.45, 7) is 12.6. The van der Waals surface area contributed by atoms with Gasteiger partial charge in [-0.2, -0.15) is 13.2 Å². The number of ether oxygens (including phenoxy) is 1. The fraction of sp³-hybridized carbons (Fsp3) is 0.667. The molecule has 1 aromatic carbocycles. The molecule has 0 heterocycles. The number of rotatable bonds is 7. The Hall–Kier alpha value is -1.23. The molecule has 0 aliphatic carbocycles. The van der Waals surface area contributed by atoms with E-state index in [-0.39, 0.29) is 0 Å². The van der Waals surface area contributed by atoms with Gasteiger partial charge in [-0.25, -0.2) is 0 Å². The molecule has 0 spiro atoms. The van der Waals surface area contributed by atoms with Crippen molar-refractivity contribution in [1.82, 2.24) is 4.90 Å². The molecule has 5 heteroatoms. The van der Waals surface area contributed by atoms with Gasteiger partial charge in [0.15, 0.2) is 0 Å². The van der Waals surface area contributed by atoms with Crippen molar-refractivity contribution in [2.75, 3.05) is 26.7 Å². The Morgan fingerprint density at radius 3 is 2.13 bits per heavy atom. The van der Waals surface area contributed by atoms with Gasteiger partial charge >= 0.3 is 6.18 Å². The van der Waals surface area contributed by atoms with Crippen molar-refractivity contribution >= 4 is 0 Å². The van der Waals surface area contributed by atoms with Crippen LogP contribution in [0.1, 0.15) is 50.8 Å². The van der Waals surface area contributed by atoms with Crippen LogP contribution < -0.4 is 4.74 Å². The molecule has 23 heavy (non-hydrogen) atoms. The standard InChI is InChI=1S/C16H24F3NO.C2H6/c1-5-8-20(6-2)9-7-13-10-14(16(17,18)19)11-15(21-4)12(13)3;1-2/h10-11H,5-9H2,1-4H3;1-2H3. The molecule has 1 aromatic rings. The van der Waals surface area contributed by atoms with Crippen molar-refractivity contribution in [3.63, 3.8) is 0 Å². The summed E-state index contributed by atoms with van der Waals surface area (Å²) in [6, 6.07) is 2.32. The molecule has 2 nitrogen and oxygen atoms in total. The van der Waals surface area contributed by atoms with E-state index in [9.17, 15) is 13.2 Å². The molecule has 0 radical (unpaired) electrons. The normalized spacial score (nSPS) is 11.2. The summed E-state index contributed by atoms with van der Waals surface area (Å²) in [6.07, 6.45) is -2.71. The van der Waals surface area contributed by atoms with Gasteiger partial charge in [0.25, 0.3) is 0 Å². The first kappa shape index (κ1) is 21.8. The maximum absolute atomic E-state index is 12.9. The first-order valence-corrected chi connectivity index (χ1v) is 8.30. The van der Waals surface area contributed by atoms with E-state index in [4.69, 9.17) is 4.74 Å². The van der Waals surface area contributed by atoms with Crippen LogP contribution >= 0.6 is 0 Å². The van der Waals surface area contributed by atoms with Crippen molar-refractivity contribution in [1.29, 1.82) is 0 Å². The van der Waals surface area contributed by atoms with Gasteiger partial charge in [-0.05, 0) is 56.1 Å². The van der Waals surface area contributed by atoms with Crippen LogP contribution in [0.5, 0.6) is 5.75 Å². The van der Waals surface area contributed by atoms with Crippen molar-refractivity contribution in [2.24, 2.45) is 0 Å². The van der Waals surface area contributed by atoms with Crippen molar-refractivity contribution in [3.8, 4) is 5.75 Å². The molecule has 0 saturated heterocycles. The minimum Gasteiger partial charge on any atom is -0.496 e. The summed E-state index contributed by atoms with van der Waals surface area (Å²) in [4.78, 5) is 2.24. The van der Waals surface area contributed by atoms with Crippen molar-refractivity contribution < 1.29 is 17.9 Å². The van der Waals surface area contributed by atoms with E-state index in [0.29, 0.717) is 17.7 Å². The van der Waals surface area contributed by atoms with Gasteiger partial charge < -0.3 is 9.64 Å². The molecule has 0 amide bonds.